The highest BCUT2D eigenvalue weighted by Gasteiger charge is 2.25. The first kappa shape index (κ1) is 13.4. The number of nitrogens with two attached hydrogens (primary N) is 1. The van der Waals surface area contributed by atoms with Crippen LogP contribution in [0.5, 0.6) is 0 Å². The molecular formula is C14H20N2OS. The van der Waals surface area contributed by atoms with Gasteiger partial charge in [0.1, 0.15) is 0 Å². The number of carbonyl (C=O) groups excluding carboxylic acids is 1. The molecule has 1 heterocycles. The molecule has 2 unspecified atom stereocenters. The molecule has 0 radical (unpaired) electrons. The van der Waals surface area contributed by atoms with Crippen molar-refractivity contribution in [2.45, 2.75) is 24.6 Å². The third kappa shape index (κ3) is 3.50. The van der Waals surface area contributed by atoms with Crippen molar-refractivity contribution in [3.05, 3.63) is 35.9 Å². The maximum absolute atomic E-state index is 12.2. The van der Waals surface area contributed by atoms with E-state index in [0.717, 1.165) is 24.4 Å². The number of thioether (sulfide) groups is 1. The molecule has 2 atom stereocenters. The van der Waals surface area contributed by atoms with Crippen molar-refractivity contribution in [3.63, 3.8) is 0 Å². The van der Waals surface area contributed by atoms with Crippen LogP contribution in [0, 0.1) is 0 Å². The normalized spacial score (nSPS) is 21.7. The Kier molecular flexibility index (Phi) is 4.66. The van der Waals surface area contributed by atoms with Gasteiger partial charge in [-0.15, -0.1) is 0 Å². The van der Waals surface area contributed by atoms with Crippen molar-refractivity contribution in [2.24, 2.45) is 5.73 Å². The topological polar surface area (TPSA) is 46.3 Å². The summed E-state index contributed by atoms with van der Waals surface area (Å²) in [5, 5.41) is 0.520. The number of carbonyl (C=O) groups is 1. The van der Waals surface area contributed by atoms with Crippen molar-refractivity contribution >= 4 is 17.7 Å². The first-order valence-electron chi connectivity index (χ1n) is 6.36. The Balaban J connectivity index is 1.92. The summed E-state index contributed by atoms with van der Waals surface area (Å²) < 4.78 is 0. The van der Waals surface area contributed by atoms with Gasteiger partial charge in [-0.3, -0.25) is 4.79 Å². The third-order valence-corrected chi connectivity index (χ3v) is 4.30. The average Bonchev–Trinajstić information content (AvgIpc) is 2.39. The van der Waals surface area contributed by atoms with Crippen LogP contribution in [0.2, 0.25) is 0 Å². The summed E-state index contributed by atoms with van der Waals surface area (Å²) in [6, 6.07) is 9.55. The van der Waals surface area contributed by atoms with Crippen LogP contribution in [-0.4, -0.2) is 40.9 Å². The molecule has 1 amide bonds. The molecule has 0 saturated carbocycles. The summed E-state index contributed by atoms with van der Waals surface area (Å²) in [6.07, 6.45) is 0.623. The Hall–Kier alpha value is -1.00. The Labute approximate surface area is 113 Å². The molecule has 4 heteroatoms. The zero-order chi connectivity index (χ0) is 13.0. The minimum atomic E-state index is -0.414. The minimum absolute atomic E-state index is 0.0889. The molecule has 2 N–H and O–H groups in total. The van der Waals surface area contributed by atoms with E-state index in [1.807, 2.05) is 47.0 Å². The van der Waals surface area contributed by atoms with Crippen molar-refractivity contribution < 1.29 is 4.79 Å². The van der Waals surface area contributed by atoms with Crippen LogP contribution in [0.4, 0.5) is 0 Å². The van der Waals surface area contributed by atoms with E-state index in [0.29, 0.717) is 11.7 Å². The van der Waals surface area contributed by atoms with Crippen molar-refractivity contribution in [1.82, 2.24) is 4.90 Å². The summed E-state index contributed by atoms with van der Waals surface area (Å²) in [5.41, 5.74) is 7.15. The average molecular weight is 264 g/mol. The van der Waals surface area contributed by atoms with E-state index in [-0.39, 0.29) is 5.91 Å². The van der Waals surface area contributed by atoms with E-state index < -0.39 is 6.04 Å². The number of hydrogen-bond acceptors (Lipinski definition) is 3. The van der Waals surface area contributed by atoms with Gasteiger partial charge >= 0.3 is 0 Å². The molecule has 1 saturated heterocycles. The fourth-order valence-corrected chi connectivity index (χ4v) is 3.22. The fourth-order valence-electron chi connectivity index (χ4n) is 2.21. The lowest BCUT2D eigenvalue weighted by Gasteiger charge is -2.32. The van der Waals surface area contributed by atoms with Gasteiger partial charge in [0.25, 0.3) is 0 Å². The van der Waals surface area contributed by atoms with E-state index in [2.05, 4.69) is 6.92 Å². The first-order valence-corrected chi connectivity index (χ1v) is 7.41. The monoisotopic (exact) mass is 264 g/mol. The van der Waals surface area contributed by atoms with E-state index in [4.69, 9.17) is 5.73 Å². The van der Waals surface area contributed by atoms with Crippen LogP contribution in [0.3, 0.4) is 0 Å². The molecule has 98 valence electrons. The second-order valence-electron chi connectivity index (χ2n) is 4.76. The van der Waals surface area contributed by atoms with Crippen LogP contribution in [-0.2, 0) is 11.2 Å². The van der Waals surface area contributed by atoms with Gasteiger partial charge in [0.15, 0.2) is 0 Å². The standard InChI is InChI=1S/C14H20N2OS/c1-11-10-16(7-8-18-11)14(17)13(15)9-12-5-3-2-4-6-12/h2-6,11,13H,7-10,15H2,1H3. The Bertz CT molecular complexity index is 396. The van der Waals surface area contributed by atoms with Crippen molar-refractivity contribution in [1.29, 1.82) is 0 Å². The van der Waals surface area contributed by atoms with Gasteiger partial charge in [0.05, 0.1) is 6.04 Å². The van der Waals surface area contributed by atoms with E-state index in [1.54, 1.807) is 0 Å². The third-order valence-electron chi connectivity index (χ3n) is 3.17. The molecule has 1 aromatic carbocycles. The van der Waals surface area contributed by atoms with Crippen LogP contribution >= 0.6 is 11.8 Å². The summed E-state index contributed by atoms with van der Waals surface area (Å²) in [6.45, 7) is 3.81. The SMILES string of the molecule is CC1CN(C(=O)C(N)Cc2ccccc2)CCS1. The molecule has 0 bridgehead atoms. The maximum atomic E-state index is 12.2. The number of nitrogens with zero attached hydrogens (tertiary/aromatic N) is 1. The van der Waals surface area contributed by atoms with Crippen molar-refractivity contribution in [3.8, 4) is 0 Å². The van der Waals surface area contributed by atoms with E-state index >= 15 is 0 Å². The van der Waals surface area contributed by atoms with Crippen LogP contribution in [0.15, 0.2) is 30.3 Å². The van der Waals surface area contributed by atoms with Gasteiger partial charge in [-0.1, -0.05) is 37.3 Å². The smallest absolute Gasteiger partial charge is 0.239 e. The molecule has 1 aromatic rings. The van der Waals surface area contributed by atoms with E-state index in [1.165, 1.54) is 0 Å². The molecule has 1 aliphatic rings. The molecule has 0 aromatic heterocycles. The number of hydrogen-bond donors (Lipinski definition) is 1. The van der Waals surface area contributed by atoms with Gasteiger partial charge in [-0.05, 0) is 12.0 Å². The molecule has 18 heavy (non-hydrogen) atoms. The highest BCUT2D eigenvalue weighted by Crippen LogP contribution is 2.18. The fraction of sp³-hybridized carbons (Fsp3) is 0.500. The number of rotatable bonds is 3. The van der Waals surface area contributed by atoms with Crippen LogP contribution in [0.25, 0.3) is 0 Å². The number of benzene rings is 1. The number of amides is 1. The second-order valence-corrected chi connectivity index (χ2v) is 6.31. The molecule has 1 aliphatic heterocycles. The lowest BCUT2D eigenvalue weighted by Crippen LogP contribution is -2.49. The lowest BCUT2D eigenvalue weighted by molar-refractivity contribution is -0.132. The zero-order valence-electron chi connectivity index (χ0n) is 10.7. The predicted molar refractivity (Wildman–Crippen MR) is 76.6 cm³/mol. The molecular weight excluding hydrogens is 244 g/mol. The first-order chi connectivity index (χ1) is 8.66. The highest BCUT2D eigenvalue weighted by atomic mass is 32.2. The highest BCUT2D eigenvalue weighted by molar-refractivity contribution is 7.99. The summed E-state index contributed by atoms with van der Waals surface area (Å²) in [5.74, 6) is 1.11. The van der Waals surface area contributed by atoms with Gasteiger partial charge in [-0.2, -0.15) is 11.8 Å². The Morgan fingerprint density at radius 1 is 1.50 bits per heavy atom. The summed E-state index contributed by atoms with van der Waals surface area (Å²) in [7, 11) is 0. The molecule has 0 aliphatic carbocycles. The van der Waals surface area contributed by atoms with Gasteiger partial charge < -0.3 is 10.6 Å². The molecule has 3 nitrogen and oxygen atoms in total. The van der Waals surface area contributed by atoms with Gasteiger partial charge in [-0.25, -0.2) is 0 Å². The summed E-state index contributed by atoms with van der Waals surface area (Å²) >= 11 is 1.92. The van der Waals surface area contributed by atoms with Crippen LogP contribution < -0.4 is 5.73 Å². The molecule has 1 fully saturated rings. The van der Waals surface area contributed by atoms with E-state index in [9.17, 15) is 4.79 Å². The Morgan fingerprint density at radius 2 is 2.22 bits per heavy atom. The Morgan fingerprint density at radius 3 is 2.89 bits per heavy atom. The zero-order valence-corrected chi connectivity index (χ0v) is 11.5. The van der Waals surface area contributed by atoms with Crippen molar-refractivity contribution in [2.75, 3.05) is 18.8 Å². The largest absolute Gasteiger partial charge is 0.339 e. The molecule has 2 rings (SSSR count). The van der Waals surface area contributed by atoms with Crippen LogP contribution in [0.1, 0.15) is 12.5 Å². The van der Waals surface area contributed by atoms with Gasteiger partial charge in [0.2, 0.25) is 5.91 Å². The van der Waals surface area contributed by atoms with Gasteiger partial charge in [0, 0.05) is 24.1 Å². The summed E-state index contributed by atoms with van der Waals surface area (Å²) in [4.78, 5) is 14.2. The lowest BCUT2D eigenvalue weighted by atomic mass is 10.1. The second kappa shape index (κ2) is 6.25. The quantitative estimate of drug-likeness (QED) is 0.900. The molecule has 0 spiro atoms. The predicted octanol–water partition coefficient (Wildman–Crippen LogP) is 1.52. The maximum Gasteiger partial charge on any atom is 0.239 e. The minimum Gasteiger partial charge on any atom is -0.339 e.